The average Bonchev–Trinajstić information content (AvgIpc) is 2.62. The van der Waals surface area contributed by atoms with Gasteiger partial charge in [0.05, 0.1) is 0 Å². The molecule has 1 aliphatic heterocycles. The monoisotopic (exact) mass is 374 g/mol. The van der Waals surface area contributed by atoms with Crippen LogP contribution in [0.1, 0.15) is 65.4 Å². The summed E-state index contributed by atoms with van der Waals surface area (Å²) >= 11 is 0. The number of nitrogens with zero attached hydrogens (tertiary/aromatic N) is 1. The number of aryl methyl sites for hydroxylation is 1. The molecule has 1 N–H and O–H groups in total. The molecule has 0 atom stereocenters. The molecule has 1 aromatic rings. The number of piperidine rings is 1. The fourth-order valence-corrected chi connectivity index (χ4v) is 3.33. The predicted octanol–water partition coefficient (Wildman–Crippen LogP) is 5.00. The third-order valence-corrected chi connectivity index (χ3v) is 4.90. The predicted molar refractivity (Wildman–Crippen MR) is 109 cm³/mol. The molecule has 150 valence electrons. The summed E-state index contributed by atoms with van der Waals surface area (Å²) in [5.41, 5.74) is 1.74. The van der Waals surface area contributed by atoms with Crippen LogP contribution in [0, 0.1) is 5.92 Å². The van der Waals surface area contributed by atoms with Gasteiger partial charge in [-0.25, -0.2) is 4.79 Å². The van der Waals surface area contributed by atoms with Gasteiger partial charge in [-0.15, -0.1) is 0 Å². The summed E-state index contributed by atoms with van der Waals surface area (Å²) in [7, 11) is 0. The SMILES string of the molecule is CCC(=O)Nc1ccc(CCCC2CCN(C(=O)OC(C)(C)C)CC2)cc1. The Bertz CT molecular complexity index is 611. The van der Waals surface area contributed by atoms with Gasteiger partial charge in [-0.3, -0.25) is 4.79 Å². The first-order valence-corrected chi connectivity index (χ1v) is 10.1. The molecular weight excluding hydrogens is 340 g/mol. The third-order valence-electron chi connectivity index (χ3n) is 4.90. The van der Waals surface area contributed by atoms with Gasteiger partial charge in [0.1, 0.15) is 5.60 Å². The van der Waals surface area contributed by atoms with Gasteiger partial charge in [-0.1, -0.05) is 19.1 Å². The van der Waals surface area contributed by atoms with E-state index in [4.69, 9.17) is 4.74 Å². The highest BCUT2D eigenvalue weighted by molar-refractivity contribution is 5.90. The molecule has 5 heteroatoms. The van der Waals surface area contributed by atoms with Gasteiger partial charge in [0.15, 0.2) is 0 Å². The Labute approximate surface area is 163 Å². The van der Waals surface area contributed by atoms with E-state index in [2.05, 4.69) is 17.4 Å². The molecule has 0 bridgehead atoms. The van der Waals surface area contributed by atoms with Crippen LogP contribution < -0.4 is 5.32 Å². The minimum atomic E-state index is -0.428. The van der Waals surface area contributed by atoms with Gasteiger partial charge < -0.3 is 15.0 Å². The largest absolute Gasteiger partial charge is 0.444 e. The van der Waals surface area contributed by atoms with Crippen LogP contribution in [0.3, 0.4) is 0 Å². The second-order valence-electron chi connectivity index (χ2n) is 8.40. The molecule has 0 saturated carbocycles. The first-order valence-electron chi connectivity index (χ1n) is 10.1. The van der Waals surface area contributed by atoms with Crippen molar-refractivity contribution in [1.82, 2.24) is 4.90 Å². The Morgan fingerprint density at radius 1 is 1.15 bits per heavy atom. The fraction of sp³-hybridized carbons (Fsp3) is 0.636. The van der Waals surface area contributed by atoms with Crippen molar-refractivity contribution >= 4 is 17.7 Å². The van der Waals surface area contributed by atoms with Crippen molar-refractivity contribution in [3.8, 4) is 0 Å². The number of hydrogen-bond acceptors (Lipinski definition) is 3. The smallest absolute Gasteiger partial charge is 0.410 e. The number of hydrogen-bond donors (Lipinski definition) is 1. The maximum atomic E-state index is 12.1. The van der Waals surface area contributed by atoms with Crippen molar-refractivity contribution in [1.29, 1.82) is 0 Å². The van der Waals surface area contributed by atoms with Crippen molar-refractivity contribution in [2.45, 2.75) is 71.8 Å². The topological polar surface area (TPSA) is 58.6 Å². The minimum Gasteiger partial charge on any atom is -0.444 e. The number of benzene rings is 1. The molecule has 0 radical (unpaired) electrons. The van der Waals surface area contributed by atoms with E-state index in [0.29, 0.717) is 12.3 Å². The first kappa shape index (κ1) is 21.3. The molecule has 27 heavy (non-hydrogen) atoms. The second kappa shape index (κ2) is 9.77. The molecule has 0 spiro atoms. The molecule has 1 saturated heterocycles. The molecular formula is C22H34N2O3. The maximum Gasteiger partial charge on any atom is 0.410 e. The summed E-state index contributed by atoms with van der Waals surface area (Å²) in [6.07, 6.45) is 5.82. The number of amides is 2. The van der Waals surface area contributed by atoms with Gasteiger partial charge in [-0.05, 0) is 76.5 Å². The fourth-order valence-electron chi connectivity index (χ4n) is 3.33. The Balaban J connectivity index is 1.67. The van der Waals surface area contributed by atoms with Crippen LogP contribution in [0.25, 0.3) is 0 Å². The Kier molecular flexibility index (Phi) is 7.69. The number of anilines is 1. The zero-order chi connectivity index (χ0) is 19.9. The molecule has 1 fully saturated rings. The van der Waals surface area contributed by atoms with Gasteiger partial charge in [0, 0.05) is 25.2 Å². The molecule has 2 rings (SSSR count). The van der Waals surface area contributed by atoms with Crippen molar-refractivity contribution < 1.29 is 14.3 Å². The van der Waals surface area contributed by atoms with Crippen molar-refractivity contribution in [2.24, 2.45) is 5.92 Å². The highest BCUT2D eigenvalue weighted by Gasteiger charge is 2.26. The summed E-state index contributed by atoms with van der Waals surface area (Å²) in [6, 6.07) is 8.14. The first-order chi connectivity index (χ1) is 12.8. The standard InChI is InChI=1S/C22H34N2O3/c1-5-20(25)23-19-11-9-17(10-12-19)7-6-8-18-13-15-24(16-14-18)21(26)27-22(2,3)4/h9-12,18H,5-8,13-16H2,1-4H3,(H,23,25). The normalized spacial score (nSPS) is 15.5. The lowest BCUT2D eigenvalue weighted by Crippen LogP contribution is -2.41. The molecule has 0 aromatic heterocycles. The van der Waals surface area contributed by atoms with Crippen LogP contribution in [0.2, 0.25) is 0 Å². The molecule has 0 unspecified atom stereocenters. The van der Waals surface area contributed by atoms with Crippen LogP contribution in [0.4, 0.5) is 10.5 Å². The van der Waals surface area contributed by atoms with Crippen LogP contribution in [-0.2, 0) is 16.0 Å². The van der Waals surface area contributed by atoms with E-state index in [1.165, 1.54) is 12.0 Å². The van der Waals surface area contributed by atoms with Gasteiger partial charge >= 0.3 is 6.09 Å². The quantitative estimate of drug-likeness (QED) is 0.762. The number of nitrogens with one attached hydrogen (secondary N) is 1. The molecule has 5 nitrogen and oxygen atoms in total. The Hall–Kier alpha value is -2.04. The number of ether oxygens (including phenoxy) is 1. The number of carbonyl (C=O) groups excluding carboxylic acids is 2. The van der Waals surface area contributed by atoms with Gasteiger partial charge in [-0.2, -0.15) is 0 Å². The van der Waals surface area contributed by atoms with E-state index in [1.54, 1.807) is 0 Å². The van der Waals surface area contributed by atoms with E-state index >= 15 is 0 Å². The molecule has 1 heterocycles. The number of likely N-dealkylation sites (tertiary alicyclic amines) is 1. The zero-order valence-corrected chi connectivity index (χ0v) is 17.2. The molecule has 0 aliphatic carbocycles. The lowest BCUT2D eigenvalue weighted by atomic mass is 9.91. The summed E-state index contributed by atoms with van der Waals surface area (Å²) in [6.45, 7) is 9.16. The lowest BCUT2D eigenvalue weighted by Gasteiger charge is -2.33. The maximum absolute atomic E-state index is 12.1. The van der Waals surface area contributed by atoms with Crippen molar-refractivity contribution in [3.05, 3.63) is 29.8 Å². The third kappa shape index (κ3) is 7.61. The lowest BCUT2D eigenvalue weighted by molar-refractivity contribution is -0.115. The highest BCUT2D eigenvalue weighted by atomic mass is 16.6. The second-order valence-corrected chi connectivity index (χ2v) is 8.40. The summed E-state index contributed by atoms with van der Waals surface area (Å²) in [5, 5.41) is 2.87. The van der Waals surface area contributed by atoms with E-state index in [-0.39, 0.29) is 12.0 Å². The van der Waals surface area contributed by atoms with E-state index in [9.17, 15) is 9.59 Å². The Morgan fingerprint density at radius 3 is 2.33 bits per heavy atom. The zero-order valence-electron chi connectivity index (χ0n) is 17.2. The van der Waals surface area contributed by atoms with Crippen LogP contribution in [-0.4, -0.2) is 35.6 Å². The van der Waals surface area contributed by atoms with Crippen molar-refractivity contribution in [3.63, 3.8) is 0 Å². The summed E-state index contributed by atoms with van der Waals surface area (Å²) < 4.78 is 5.45. The van der Waals surface area contributed by atoms with Gasteiger partial charge in [0.2, 0.25) is 5.91 Å². The van der Waals surface area contributed by atoms with Crippen LogP contribution >= 0.6 is 0 Å². The van der Waals surface area contributed by atoms with Crippen molar-refractivity contribution in [2.75, 3.05) is 18.4 Å². The van der Waals surface area contributed by atoms with Crippen LogP contribution in [0.15, 0.2) is 24.3 Å². The minimum absolute atomic E-state index is 0.0421. The Morgan fingerprint density at radius 2 is 1.78 bits per heavy atom. The summed E-state index contributed by atoms with van der Waals surface area (Å²) in [5.74, 6) is 0.729. The van der Waals surface area contributed by atoms with Gasteiger partial charge in [0.25, 0.3) is 0 Å². The number of carbonyl (C=O) groups is 2. The number of rotatable bonds is 6. The molecule has 1 aromatic carbocycles. The van der Waals surface area contributed by atoms with E-state index in [1.807, 2.05) is 44.7 Å². The van der Waals surface area contributed by atoms with Crippen LogP contribution in [0.5, 0.6) is 0 Å². The highest BCUT2D eigenvalue weighted by Crippen LogP contribution is 2.24. The summed E-state index contributed by atoms with van der Waals surface area (Å²) in [4.78, 5) is 25.4. The average molecular weight is 375 g/mol. The molecule has 1 aliphatic rings. The molecule has 2 amide bonds. The van der Waals surface area contributed by atoms with E-state index in [0.717, 1.165) is 44.5 Å². The van der Waals surface area contributed by atoms with E-state index < -0.39 is 5.60 Å².